The molecular weight excluding hydrogens is 350 g/mol. The Morgan fingerprint density at radius 1 is 1.08 bits per heavy atom. The van der Waals surface area contributed by atoms with Crippen LogP contribution >= 0.6 is 11.3 Å². The van der Waals surface area contributed by atoms with Gasteiger partial charge in [0, 0.05) is 30.1 Å². The van der Waals surface area contributed by atoms with E-state index in [0.29, 0.717) is 28.6 Å². The average molecular weight is 367 g/mol. The lowest BCUT2D eigenvalue weighted by Gasteiger charge is -2.07. The second-order valence-electron chi connectivity index (χ2n) is 5.40. The first-order chi connectivity index (χ1) is 12.7. The summed E-state index contributed by atoms with van der Waals surface area (Å²) >= 11 is 1.38. The first-order valence-electron chi connectivity index (χ1n) is 7.88. The minimum absolute atomic E-state index is 0.163. The Hall–Kier alpha value is -3.19. The Balaban J connectivity index is 1.55. The first kappa shape index (κ1) is 17.6. The number of nitrogens with one attached hydrogen (secondary N) is 2. The smallest absolute Gasteiger partial charge is 0.265 e. The van der Waals surface area contributed by atoms with Crippen molar-refractivity contribution in [1.29, 1.82) is 0 Å². The molecule has 0 aliphatic carbocycles. The quantitative estimate of drug-likeness (QED) is 0.700. The number of thiophene rings is 1. The number of hydrogen-bond acceptors (Lipinski definition) is 5. The number of ether oxygens (including phenoxy) is 1. The van der Waals surface area contributed by atoms with Crippen molar-refractivity contribution in [3.8, 4) is 5.88 Å². The summed E-state index contributed by atoms with van der Waals surface area (Å²) < 4.78 is 5.00. The fraction of sp³-hybridized carbons (Fsp3) is 0.105. The Morgan fingerprint density at radius 2 is 1.88 bits per heavy atom. The molecule has 7 heteroatoms. The summed E-state index contributed by atoms with van der Waals surface area (Å²) in [6.07, 6.45) is 1.66. The van der Waals surface area contributed by atoms with Crippen molar-refractivity contribution in [3.63, 3.8) is 0 Å². The lowest BCUT2D eigenvalue weighted by atomic mass is 10.2. The van der Waals surface area contributed by atoms with Crippen LogP contribution in [0.3, 0.4) is 0 Å². The molecule has 2 amide bonds. The Bertz CT molecular complexity index is 875. The zero-order valence-electron chi connectivity index (χ0n) is 14.1. The predicted molar refractivity (Wildman–Crippen MR) is 101 cm³/mol. The molecule has 2 aromatic heterocycles. The number of benzene rings is 1. The van der Waals surface area contributed by atoms with Gasteiger partial charge in [0.25, 0.3) is 11.8 Å². The molecule has 0 unspecified atom stereocenters. The lowest BCUT2D eigenvalue weighted by Crippen LogP contribution is -2.22. The zero-order chi connectivity index (χ0) is 18.4. The standard InChI is InChI=1S/C19H17N3O3S/c1-25-17-9-4-13(11-20-17)12-21-18(23)14-5-7-15(8-6-14)22-19(24)16-3-2-10-26-16/h2-11H,12H2,1H3,(H,21,23)(H,22,24). The van der Waals surface area contributed by atoms with E-state index in [1.165, 1.54) is 11.3 Å². The van der Waals surface area contributed by atoms with Gasteiger partial charge in [-0.05, 0) is 41.3 Å². The van der Waals surface area contributed by atoms with Crippen LogP contribution in [0.15, 0.2) is 60.1 Å². The van der Waals surface area contributed by atoms with Crippen molar-refractivity contribution in [1.82, 2.24) is 10.3 Å². The molecule has 3 rings (SSSR count). The third kappa shape index (κ3) is 4.46. The molecule has 0 saturated carbocycles. The highest BCUT2D eigenvalue weighted by molar-refractivity contribution is 7.12. The molecule has 26 heavy (non-hydrogen) atoms. The van der Waals surface area contributed by atoms with Gasteiger partial charge in [-0.15, -0.1) is 11.3 Å². The van der Waals surface area contributed by atoms with Gasteiger partial charge in [0.15, 0.2) is 0 Å². The Labute approximate surface area is 154 Å². The molecular formula is C19H17N3O3S. The van der Waals surface area contributed by atoms with Crippen LogP contribution in [0.1, 0.15) is 25.6 Å². The fourth-order valence-electron chi connectivity index (χ4n) is 2.23. The lowest BCUT2D eigenvalue weighted by molar-refractivity contribution is 0.0950. The van der Waals surface area contributed by atoms with Crippen molar-refractivity contribution in [2.45, 2.75) is 6.54 Å². The van der Waals surface area contributed by atoms with Crippen LogP contribution in [0.25, 0.3) is 0 Å². The van der Waals surface area contributed by atoms with Gasteiger partial charge in [-0.3, -0.25) is 9.59 Å². The van der Waals surface area contributed by atoms with E-state index in [1.54, 1.807) is 49.7 Å². The van der Waals surface area contributed by atoms with Crippen molar-refractivity contribution < 1.29 is 14.3 Å². The molecule has 132 valence electrons. The van der Waals surface area contributed by atoms with E-state index in [1.807, 2.05) is 17.5 Å². The van der Waals surface area contributed by atoms with Crippen LogP contribution in [0.2, 0.25) is 0 Å². The molecule has 2 N–H and O–H groups in total. The van der Waals surface area contributed by atoms with Crippen LogP contribution in [-0.4, -0.2) is 23.9 Å². The minimum Gasteiger partial charge on any atom is -0.481 e. The molecule has 0 spiro atoms. The molecule has 0 bridgehead atoms. The molecule has 0 aliphatic heterocycles. The number of carbonyl (C=O) groups excluding carboxylic acids is 2. The van der Waals surface area contributed by atoms with Crippen molar-refractivity contribution in [3.05, 3.63) is 76.1 Å². The topological polar surface area (TPSA) is 80.3 Å². The van der Waals surface area contributed by atoms with Gasteiger partial charge >= 0.3 is 0 Å². The Kier molecular flexibility index (Phi) is 5.60. The average Bonchev–Trinajstić information content (AvgIpc) is 3.22. The first-order valence-corrected chi connectivity index (χ1v) is 8.76. The minimum atomic E-state index is -0.197. The Morgan fingerprint density at radius 3 is 2.50 bits per heavy atom. The van der Waals surface area contributed by atoms with Crippen LogP contribution < -0.4 is 15.4 Å². The largest absolute Gasteiger partial charge is 0.481 e. The number of anilines is 1. The second-order valence-corrected chi connectivity index (χ2v) is 6.35. The van der Waals surface area contributed by atoms with Gasteiger partial charge < -0.3 is 15.4 Å². The van der Waals surface area contributed by atoms with Crippen molar-refractivity contribution in [2.24, 2.45) is 0 Å². The maximum atomic E-state index is 12.2. The van der Waals surface area contributed by atoms with Gasteiger partial charge in [-0.2, -0.15) is 0 Å². The number of rotatable bonds is 6. The van der Waals surface area contributed by atoms with Crippen molar-refractivity contribution in [2.75, 3.05) is 12.4 Å². The molecule has 0 aliphatic rings. The number of aromatic nitrogens is 1. The van der Waals surface area contributed by atoms with Crippen LogP contribution in [0.5, 0.6) is 5.88 Å². The summed E-state index contributed by atoms with van der Waals surface area (Å²) in [5.41, 5.74) is 2.03. The summed E-state index contributed by atoms with van der Waals surface area (Å²) in [6, 6.07) is 13.9. The van der Waals surface area contributed by atoms with Gasteiger partial charge in [-0.1, -0.05) is 12.1 Å². The van der Waals surface area contributed by atoms with E-state index in [2.05, 4.69) is 15.6 Å². The van der Waals surface area contributed by atoms with Crippen molar-refractivity contribution >= 4 is 28.8 Å². The van der Waals surface area contributed by atoms with Gasteiger partial charge in [0.2, 0.25) is 5.88 Å². The molecule has 0 atom stereocenters. The number of carbonyl (C=O) groups is 2. The summed E-state index contributed by atoms with van der Waals surface area (Å²) in [4.78, 5) is 29.0. The molecule has 3 aromatic rings. The predicted octanol–water partition coefficient (Wildman–Crippen LogP) is 3.33. The number of hydrogen-bond donors (Lipinski definition) is 2. The highest BCUT2D eigenvalue weighted by atomic mass is 32.1. The zero-order valence-corrected chi connectivity index (χ0v) is 14.9. The summed E-state index contributed by atoms with van der Waals surface area (Å²) in [6.45, 7) is 0.368. The SMILES string of the molecule is COc1ccc(CNC(=O)c2ccc(NC(=O)c3cccs3)cc2)cn1. The molecule has 2 heterocycles. The van der Waals surface area contributed by atoms with E-state index >= 15 is 0 Å². The van der Waals surface area contributed by atoms with E-state index < -0.39 is 0 Å². The highest BCUT2D eigenvalue weighted by Crippen LogP contribution is 2.14. The molecule has 0 radical (unpaired) electrons. The number of methoxy groups -OCH3 is 1. The van der Waals surface area contributed by atoms with Gasteiger partial charge in [0.1, 0.15) is 0 Å². The molecule has 0 saturated heterocycles. The summed E-state index contributed by atoms with van der Waals surface area (Å²) in [7, 11) is 1.55. The van der Waals surface area contributed by atoms with E-state index in [9.17, 15) is 9.59 Å². The monoisotopic (exact) mass is 367 g/mol. The van der Waals surface area contributed by atoms with Gasteiger partial charge in [-0.25, -0.2) is 4.98 Å². The molecule has 1 aromatic carbocycles. The maximum Gasteiger partial charge on any atom is 0.265 e. The van der Waals surface area contributed by atoms with Crippen LogP contribution in [0.4, 0.5) is 5.69 Å². The highest BCUT2D eigenvalue weighted by Gasteiger charge is 2.09. The number of pyridine rings is 1. The normalized spacial score (nSPS) is 10.2. The van der Waals surface area contributed by atoms with Gasteiger partial charge in [0.05, 0.1) is 12.0 Å². The number of amides is 2. The maximum absolute atomic E-state index is 12.2. The third-order valence-electron chi connectivity index (χ3n) is 3.61. The summed E-state index contributed by atoms with van der Waals surface area (Å²) in [5, 5.41) is 7.48. The molecule has 6 nitrogen and oxygen atoms in total. The number of nitrogens with zero attached hydrogens (tertiary/aromatic N) is 1. The summed E-state index contributed by atoms with van der Waals surface area (Å²) in [5.74, 6) is 0.168. The van der Waals surface area contributed by atoms with Crippen LogP contribution in [0, 0.1) is 0 Å². The third-order valence-corrected chi connectivity index (χ3v) is 4.48. The van der Waals surface area contributed by atoms with Crippen LogP contribution in [-0.2, 0) is 6.54 Å². The van der Waals surface area contributed by atoms with E-state index in [4.69, 9.17) is 4.74 Å². The van der Waals surface area contributed by atoms with E-state index in [-0.39, 0.29) is 11.8 Å². The fourth-order valence-corrected chi connectivity index (χ4v) is 2.84. The van der Waals surface area contributed by atoms with E-state index in [0.717, 1.165) is 5.56 Å². The molecule has 0 fully saturated rings. The second kappa shape index (κ2) is 8.26.